The summed E-state index contributed by atoms with van der Waals surface area (Å²) in [7, 11) is 1.76. The van der Waals surface area contributed by atoms with Crippen molar-refractivity contribution < 1.29 is 14.7 Å². The van der Waals surface area contributed by atoms with Crippen LogP contribution in [0.1, 0.15) is 25.7 Å². The molecule has 1 aliphatic carbocycles. The van der Waals surface area contributed by atoms with E-state index in [0.29, 0.717) is 12.2 Å². The normalized spacial score (nSPS) is 16.5. The van der Waals surface area contributed by atoms with E-state index in [1.165, 1.54) is 0 Å². The molecular weight excluding hydrogens is 248 g/mol. The highest BCUT2D eigenvalue weighted by Crippen LogP contribution is 2.43. The Hall–Kier alpha value is -2.05. The molecule has 104 valence electrons. The minimum Gasteiger partial charge on any atom is -0.481 e. The fourth-order valence-corrected chi connectivity index (χ4v) is 2.34. The molecule has 1 heterocycles. The van der Waals surface area contributed by atoms with Gasteiger partial charge < -0.3 is 15.7 Å². The number of rotatable bonds is 5. The Kier molecular flexibility index (Phi) is 3.73. The van der Waals surface area contributed by atoms with Gasteiger partial charge in [0.2, 0.25) is 0 Å². The number of nitrogens with one attached hydrogen (secondary N) is 2. The average Bonchev–Trinajstić information content (AvgIpc) is 2.67. The quantitative estimate of drug-likeness (QED) is 0.745. The zero-order valence-corrected chi connectivity index (χ0v) is 10.8. The second-order valence-electron chi connectivity index (χ2n) is 5.13. The number of carboxylic acids is 1. The number of nitrogens with zero attached hydrogens (tertiary/aromatic N) is 2. The Bertz CT molecular complexity index is 479. The highest BCUT2D eigenvalue weighted by atomic mass is 16.4. The highest BCUT2D eigenvalue weighted by molar-refractivity contribution is 5.88. The van der Waals surface area contributed by atoms with Gasteiger partial charge in [0.15, 0.2) is 0 Å². The van der Waals surface area contributed by atoms with Crippen molar-refractivity contribution in [2.45, 2.75) is 25.7 Å². The molecule has 7 nitrogen and oxygen atoms in total. The third-order valence-corrected chi connectivity index (χ3v) is 3.53. The van der Waals surface area contributed by atoms with Crippen LogP contribution < -0.4 is 10.6 Å². The van der Waals surface area contributed by atoms with E-state index in [4.69, 9.17) is 5.11 Å². The first-order valence-corrected chi connectivity index (χ1v) is 6.24. The van der Waals surface area contributed by atoms with Crippen LogP contribution in [0.5, 0.6) is 0 Å². The molecule has 2 rings (SSSR count). The van der Waals surface area contributed by atoms with E-state index in [1.807, 2.05) is 0 Å². The van der Waals surface area contributed by atoms with Gasteiger partial charge in [-0.25, -0.2) is 4.79 Å². The first-order valence-electron chi connectivity index (χ1n) is 6.24. The van der Waals surface area contributed by atoms with Crippen LogP contribution in [0.2, 0.25) is 0 Å². The van der Waals surface area contributed by atoms with Crippen LogP contribution in [0.15, 0.2) is 12.4 Å². The van der Waals surface area contributed by atoms with Crippen molar-refractivity contribution in [3.05, 3.63) is 12.4 Å². The molecule has 19 heavy (non-hydrogen) atoms. The number of anilines is 1. The molecule has 0 spiro atoms. The molecule has 3 N–H and O–H groups in total. The van der Waals surface area contributed by atoms with Crippen molar-refractivity contribution >= 4 is 17.7 Å². The molecule has 0 unspecified atom stereocenters. The van der Waals surface area contributed by atoms with Crippen LogP contribution in [-0.4, -0.2) is 33.4 Å². The lowest BCUT2D eigenvalue weighted by molar-refractivity contribution is -0.141. The number of hydrogen-bond acceptors (Lipinski definition) is 3. The van der Waals surface area contributed by atoms with Crippen LogP contribution in [0.3, 0.4) is 0 Å². The summed E-state index contributed by atoms with van der Waals surface area (Å²) in [5.41, 5.74) is 0.346. The highest BCUT2D eigenvalue weighted by Gasteiger charge is 2.39. The van der Waals surface area contributed by atoms with Gasteiger partial charge in [-0.2, -0.15) is 5.10 Å². The number of aryl methyl sites for hydroxylation is 1. The molecule has 1 aromatic rings. The summed E-state index contributed by atoms with van der Waals surface area (Å²) >= 11 is 0. The van der Waals surface area contributed by atoms with Crippen molar-refractivity contribution in [1.82, 2.24) is 15.1 Å². The summed E-state index contributed by atoms with van der Waals surface area (Å²) in [4.78, 5) is 22.5. The van der Waals surface area contributed by atoms with Gasteiger partial charge in [-0.3, -0.25) is 9.48 Å². The van der Waals surface area contributed by atoms with Crippen molar-refractivity contribution in [2.75, 3.05) is 11.9 Å². The van der Waals surface area contributed by atoms with E-state index in [9.17, 15) is 9.59 Å². The Morgan fingerprint density at radius 1 is 1.53 bits per heavy atom. The molecule has 1 aliphatic rings. The standard InChI is InChI=1S/C12H18N4O3/c1-16-7-9(6-14-16)15-11(19)13-8-12(3-2-4-12)5-10(17)18/h6-7H,2-5,8H2,1H3,(H,17,18)(H2,13,15,19). The third kappa shape index (κ3) is 3.46. The molecule has 0 aromatic carbocycles. The van der Waals surface area contributed by atoms with Crippen LogP contribution >= 0.6 is 0 Å². The maximum atomic E-state index is 11.7. The molecule has 1 fully saturated rings. The van der Waals surface area contributed by atoms with E-state index in [1.54, 1.807) is 24.1 Å². The maximum absolute atomic E-state index is 11.7. The molecule has 0 atom stereocenters. The second-order valence-corrected chi connectivity index (χ2v) is 5.13. The average molecular weight is 266 g/mol. The molecule has 2 amide bonds. The zero-order chi connectivity index (χ0) is 13.9. The number of carbonyl (C=O) groups excluding carboxylic acids is 1. The monoisotopic (exact) mass is 266 g/mol. The summed E-state index contributed by atoms with van der Waals surface area (Å²) in [5, 5.41) is 18.2. The number of carbonyl (C=O) groups is 2. The summed E-state index contributed by atoms with van der Waals surface area (Å²) < 4.78 is 1.59. The van der Waals surface area contributed by atoms with Crippen molar-refractivity contribution in [1.29, 1.82) is 0 Å². The molecule has 7 heteroatoms. The molecular formula is C12H18N4O3. The topological polar surface area (TPSA) is 96.2 Å². The lowest BCUT2D eigenvalue weighted by Gasteiger charge is -2.40. The molecule has 0 saturated heterocycles. The van der Waals surface area contributed by atoms with E-state index < -0.39 is 5.97 Å². The van der Waals surface area contributed by atoms with Gasteiger partial charge in [0.05, 0.1) is 18.3 Å². The van der Waals surface area contributed by atoms with E-state index in [0.717, 1.165) is 19.3 Å². The maximum Gasteiger partial charge on any atom is 0.319 e. The number of aliphatic carboxylic acids is 1. The second kappa shape index (κ2) is 5.29. The summed E-state index contributed by atoms with van der Waals surface area (Å²) in [5.74, 6) is -0.811. The van der Waals surface area contributed by atoms with Crippen LogP contribution in [0, 0.1) is 5.41 Å². The van der Waals surface area contributed by atoms with Crippen molar-refractivity contribution in [3.63, 3.8) is 0 Å². The van der Waals surface area contributed by atoms with Gasteiger partial charge in [-0.05, 0) is 18.3 Å². The predicted octanol–water partition coefficient (Wildman–Crippen LogP) is 1.19. The van der Waals surface area contributed by atoms with Gasteiger partial charge in [0.25, 0.3) is 0 Å². The van der Waals surface area contributed by atoms with Gasteiger partial charge >= 0.3 is 12.0 Å². The number of hydrogen-bond donors (Lipinski definition) is 3. The minimum atomic E-state index is -0.811. The fraction of sp³-hybridized carbons (Fsp3) is 0.583. The number of amides is 2. The fourth-order valence-electron chi connectivity index (χ4n) is 2.34. The Labute approximate surface area is 111 Å². The Morgan fingerprint density at radius 2 is 2.26 bits per heavy atom. The molecule has 0 radical (unpaired) electrons. The van der Waals surface area contributed by atoms with Gasteiger partial charge in [0.1, 0.15) is 0 Å². The lowest BCUT2D eigenvalue weighted by Crippen LogP contribution is -2.44. The van der Waals surface area contributed by atoms with Crippen LogP contribution in [0.25, 0.3) is 0 Å². The largest absolute Gasteiger partial charge is 0.481 e. The smallest absolute Gasteiger partial charge is 0.319 e. The van der Waals surface area contributed by atoms with Gasteiger partial charge in [-0.1, -0.05) is 6.42 Å². The Balaban J connectivity index is 1.81. The summed E-state index contributed by atoms with van der Waals surface area (Å²) in [6.07, 6.45) is 6.09. The third-order valence-electron chi connectivity index (χ3n) is 3.53. The first kappa shape index (κ1) is 13.4. The van der Waals surface area contributed by atoms with Crippen LogP contribution in [-0.2, 0) is 11.8 Å². The Morgan fingerprint density at radius 3 is 2.74 bits per heavy atom. The van der Waals surface area contributed by atoms with Crippen molar-refractivity contribution in [3.8, 4) is 0 Å². The first-order chi connectivity index (χ1) is 8.99. The SMILES string of the molecule is Cn1cc(NC(=O)NCC2(CC(=O)O)CCC2)cn1. The zero-order valence-electron chi connectivity index (χ0n) is 10.8. The van der Waals surface area contributed by atoms with Crippen LogP contribution in [0.4, 0.5) is 10.5 Å². The summed E-state index contributed by atoms with van der Waals surface area (Å²) in [6, 6.07) is -0.329. The van der Waals surface area contributed by atoms with E-state index in [2.05, 4.69) is 15.7 Å². The van der Waals surface area contributed by atoms with E-state index in [-0.39, 0.29) is 17.9 Å². The minimum absolute atomic E-state index is 0.111. The molecule has 1 saturated carbocycles. The van der Waals surface area contributed by atoms with Gasteiger partial charge in [-0.15, -0.1) is 0 Å². The lowest BCUT2D eigenvalue weighted by atomic mass is 9.66. The summed E-state index contributed by atoms with van der Waals surface area (Å²) in [6.45, 7) is 0.394. The predicted molar refractivity (Wildman–Crippen MR) is 68.8 cm³/mol. The molecule has 0 bridgehead atoms. The number of aromatic nitrogens is 2. The molecule has 0 aliphatic heterocycles. The number of carboxylic acid groups (broad SMARTS) is 1. The molecule has 1 aromatic heterocycles. The van der Waals surface area contributed by atoms with Gasteiger partial charge in [0, 0.05) is 19.8 Å². The van der Waals surface area contributed by atoms with Crippen molar-refractivity contribution in [2.24, 2.45) is 12.5 Å². The van der Waals surface area contributed by atoms with E-state index >= 15 is 0 Å². The number of urea groups is 1.